The van der Waals surface area contributed by atoms with Crippen molar-refractivity contribution < 1.29 is 0 Å². The van der Waals surface area contributed by atoms with Gasteiger partial charge in [0.25, 0.3) is 0 Å². The van der Waals surface area contributed by atoms with Crippen LogP contribution in [0.4, 0.5) is 0 Å². The number of rotatable bonds is 6. The summed E-state index contributed by atoms with van der Waals surface area (Å²) in [6.45, 7) is 12.6. The molecule has 1 fully saturated rings. The fourth-order valence-electron chi connectivity index (χ4n) is 2.47. The van der Waals surface area contributed by atoms with Crippen molar-refractivity contribution in [3.63, 3.8) is 0 Å². The second-order valence-electron chi connectivity index (χ2n) is 6.90. The van der Waals surface area contributed by atoms with Crippen molar-refractivity contribution in [2.75, 3.05) is 19.6 Å². The molecule has 2 nitrogen and oxygen atoms in total. The van der Waals surface area contributed by atoms with E-state index in [4.69, 9.17) is 5.73 Å². The van der Waals surface area contributed by atoms with Crippen LogP contribution in [0.2, 0.25) is 0 Å². The highest BCUT2D eigenvalue weighted by Crippen LogP contribution is 2.28. The molecule has 0 aromatic heterocycles. The fraction of sp³-hybridized carbons (Fsp3) is 1.00. The molecule has 0 bridgehead atoms. The number of hydrogen-bond donors (Lipinski definition) is 2. The van der Waals surface area contributed by atoms with E-state index in [-0.39, 0.29) is 0 Å². The fourth-order valence-corrected chi connectivity index (χ4v) is 2.47. The van der Waals surface area contributed by atoms with Gasteiger partial charge in [-0.15, -0.1) is 0 Å². The third-order valence-corrected chi connectivity index (χ3v) is 4.88. The van der Waals surface area contributed by atoms with Crippen molar-refractivity contribution in [1.82, 2.24) is 5.32 Å². The summed E-state index contributed by atoms with van der Waals surface area (Å²) >= 11 is 0. The first-order valence-electron chi connectivity index (χ1n) is 7.36. The van der Waals surface area contributed by atoms with Crippen LogP contribution in [-0.2, 0) is 0 Å². The average molecular weight is 240 g/mol. The Hall–Kier alpha value is -0.0800. The van der Waals surface area contributed by atoms with Crippen LogP contribution in [0, 0.1) is 23.2 Å². The Morgan fingerprint density at radius 3 is 2.12 bits per heavy atom. The summed E-state index contributed by atoms with van der Waals surface area (Å²) in [4.78, 5) is 0. The maximum atomic E-state index is 5.72. The Labute approximate surface area is 108 Å². The minimum absolute atomic E-state index is 0.411. The first-order chi connectivity index (χ1) is 7.95. The van der Waals surface area contributed by atoms with Crippen LogP contribution in [0.25, 0.3) is 0 Å². The van der Waals surface area contributed by atoms with Crippen LogP contribution in [0.1, 0.15) is 53.4 Å². The minimum atomic E-state index is 0.411. The lowest BCUT2D eigenvalue weighted by Gasteiger charge is -2.32. The van der Waals surface area contributed by atoms with Crippen LogP contribution >= 0.6 is 0 Å². The molecule has 0 spiro atoms. The van der Waals surface area contributed by atoms with Crippen LogP contribution < -0.4 is 11.1 Å². The van der Waals surface area contributed by atoms with E-state index in [9.17, 15) is 0 Å². The highest BCUT2D eigenvalue weighted by Gasteiger charge is 2.23. The van der Waals surface area contributed by atoms with Gasteiger partial charge >= 0.3 is 0 Å². The Bertz CT molecular complexity index is 203. The molecular formula is C15H32N2. The lowest BCUT2D eigenvalue weighted by molar-refractivity contribution is 0.218. The minimum Gasteiger partial charge on any atom is -0.330 e. The van der Waals surface area contributed by atoms with E-state index in [1.807, 2.05) is 0 Å². The third kappa shape index (κ3) is 4.97. The van der Waals surface area contributed by atoms with Crippen molar-refractivity contribution in [3.05, 3.63) is 0 Å². The van der Waals surface area contributed by atoms with Crippen LogP contribution in [-0.4, -0.2) is 19.6 Å². The molecule has 1 aliphatic rings. The first-order valence-corrected chi connectivity index (χ1v) is 7.36. The van der Waals surface area contributed by atoms with E-state index in [0.717, 1.165) is 30.8 Å². The molecule has 0 aromatic carbocycles. The van der Waals surface area contributed by atoms with Gasteiger partial charge in [-0.05, 0) is 61.9 Å². The first kappa shape index (κ1) is 15.0. The lowest BCUT2D eigenvalue weighted by atomic mass is 9.80. The van der Waals surface area contributed by atoms with E-state index in [1.54, 1.807) is 0 Å². The quantitative estimate of drug-likeness (QED) is 0.749. The third-order valence-electron chi connectivity index (χ3n) is 4.88. The number of nitrogens with two attached hydrogens (primary N) is 1. The van der Waals surface area contributed by atoms with Gasteiger partial charge in [0, 0.05) is 6.54 Å². The topological polar surface area (TPSA) is 38.0 Å². The Balaban J connectivity index is 2.16. The molecular weight excluding hydrogens is 208 g/mol. The Morgan fingerprint density at radius 1 is 1.12 bits per heavy atom. The smallest absolute Gasteiger partial charge is 0.000508 e. The van der Waals surface area contributed by atoms with Gasteiger partial charge in [-0.1, -0.05) is 27.7 Å². The van der Waals surface area contributed by atoms with E-state index in [0.29, 0.717) is 5.41 Å². The van der Waals surface area contributed by atoms with Gasteiger partial charge in [-0.2, -0.15) is 0 Å². The standard InChI is InChI=1S/C15H32N2/c1-12(2)15(3,4)11-17-10-14-7-5-13(9-16)6-8-14/h12-14,17H,5-11,16H2,1-4H3. The number of nitrogens with one attached hydrogen (secondary N) is 1. The van der Waals surface area contributed by atoms with E-state index in [2.05, 4.69) is 33.0 Å². The molecule has 0 radical (unpaired) electrons. The van der Waals surface area contributed by atoms with E-state index < -0.39 is 0 Å². The summed E-state index contributed by atoms with van der Waals surface area (Å²) < 4.78 is 0. The summed E-state index contributed by atoms with van der Waals surface area (Å²) in [5.41, 5.74) is 6.13. The number of hydrogen-bond acceptors (Lipinski definition) is 2. The molecule has 0 amide bonds. The largest absolute Gasteiger partial charge is 0.330 e. The van der Waals surface area contributed by atoms with Gasteiger partial charge in [0.15, 0.2) is 0 Å². The molecule has 2 heteroatoms. The Kier molecular flexibility index (Phi) is 5.94. The summed E-state index contributed by atoms with van der Waals surface area (Å²) in [7, 11) is 0. The summed E-state index contributed by atoms with van der Waals surface area (Å²) in [5.74, 6) is 2.43. The normalized spacial score (nSPS) is 26.5. The van der Waals surface area contributed by atoms with Crippen molar-refractivity contribution in [1.29, 1.82) is 0 Å². The molecule has 1 aliphatic carbocycles. The lowest BCUT2D eigenvalue weighted by Crippen LogP contribution is -2.37. The molecule has 0 aromatic rings. The Morgan fingerprint density at radius 2 is 1.65 bits per heavy atom. The zero-order chi connectivity index (χ0) is 12.9. The maximum absolute atomic E-state index is 5.72. The summed E-state index contributed by atoms with van der Waals surface area (Å²) in [5, 5.41) is 3.68. The van der Waals surface area contributed by atoms with Gasteiger partial charge < -0.3 is 11.1 Å². The second kappa shape index (κ2) is 6.75. The van der Waals surface area contributed by atoms with Crippen molar-refractivity contribution in [3.8, 4) is 0 Å². The predicted molar refractivity (Wildman–Crippen MR) is 76.0 cm³/mol. The second-order valence-corrected chi connectivity index (χ2v) is 6.90. The highest BCUT2D eigenvalue weighted by atomic mass is 14.9. The monoisotopic (exact) mass is 240 g/mol. The van der Waals surface area contributed by atoms with Gasteiger partial charge in [-0.25, -0.2) is 0 Å². The molecule has 102 valence electrons. The maximum Gasteiger partial charge on any atom is 0.000508 e. The molecule has 3 N–H and O–H groups in total. The molecule has 0 heterocycles. The summed E-state index contributed by atoms with van der Waals surface area (Å²) in [6.07, 6.45) is 5.43. The molecule has 0 atom stereocenters. The van der Waals surface area contributed by atoms with Crippen LogP contribution in [0.5, 0.6) is 0 Å². The van der Waals surface area contributed by atoms with Crippen LogP contribution in [0.3, 0.4) is 0 Å². The molecule has 17 heavy (non-hydrogen) atoms. The van der Waals surface area contributed by atoms with Gasteiger partial charge in [-0.3, -0.25) is 0 Å². The zero-order valence-corrected chi connectivity index (χ0v) is 12.3. The highest BCUT2D eigenvalue weighted by molar-refractivity contribution is 4.78. The van der Waals surface area contributed by atoms with Crippen molar-refractivity contribution in [2.24, 2.45) is 28.9 Å². The molecule has 1 saturated carbocycles. The summed E-state index contributed by atoms with van der Waals surface area (Å²) in [6, 6.07) is 0. The molecule has 0 aliphatic heterocycles. The van der Waals surface area contributed by atoms with Gasteiger partial charge in [0.2, 0.25) is 0 Å². The van der Waals surface area contributed by atoms with Gasteiger partial charge in [0.05, 0.1) is 0 Å². The molecule has 0 saturated heterocycles. The molecule has 1 rings (SSSR count). The van der Waals surface area contributed by atoms with Crippen molar-refractivity contribution in [2.45, 2.75) is 53.4 Å². The molecule has 0 unspecified atom stereocenters. The zero-order valence-electron chi connectivity index (χ0n) is 12.3. The predicted octanol–water partition coefficient (Wildman–Crippen LogP) is 3.02. The van der Waals surface area contributed by atoms with Crippen LogP contribution in [0.15, 0.2) is 0 Å². The SMILES string of the molecule is CC(C)C(C)(C)CNCC1CCC(CN)CC1. The van der Waals surface area contributed by atoms with Gasteiger partial charge in [0.1, 0.15) is 0 Å². The van der Waals surface area contributed by atoms with E-state index in [1.165, 1.54) is 32.2 Å². The van der Waals surface area contributed by atoms with E-state index >= 15 is 0 Å². The average Bonchev–Trinajstić information content (AvgIpc) is 2.29. The van der Waals surface area contributed by atoms with Crippen molar-refractivity contribution >= 4 is 0 Å².